The van der Waals surface area contributed by atoms with Crippen LogP contribution >= 0.6 is 0 Å². The van der Waals surface area contributed by atoms with E-state index in [1.165, 1.54) is 0 Å². The Morgan fingerprint density at radius 2 is 2.00 bits per heavy atom. The van der Waals surface area contributed by atoms with E-state index in [4.69, 9.17) is 0 Å². The highest BCUT2D eigenvalue weighted by Crippen LogP contribution is 2.16. The second-order valence-electron chi connectivity index (χ2n) is 5.11. The number of piperidine rings is 1. The van der Waals surface area contributed by atoms with Crippen molar-refractivity contribution in [2.75, 3.05) is 13.1 Å². The van der Waals surface area contributed by atoms with Crippen LogP contribution in [0, 0.1) is 5.92 Å². The standard InChI is InChI=1S/C15H22N2O/c1-12(14-7-9-16-10-8-14)17-15(18)11-13-5-3-2-4-6-13/h2-6,12,14,16H,7-11H2,1H3,(H,17,18). The molecule has 3 heteroatoms. The van der Waals surface area contributed by atoms with Gasteiger partial charge in [-0.2, -0.15) is 0 Å². The van der Waals surface area contributed by atoms with E-state index in [0.29, 0.717) is 12.3 Å². The Morgan fingerprint density at radius 3 is 2.67 bits per heavy atom. The van der Waals surface area contributed by atoms with Crippen LogP contribution in [0.1, 0.15) is 25.3 Å². The van der Waals surface area contributed by atoms with Crippen molar-refractivity contribution in [3.05, 3.63) is 35.9 Å². The molecule has 18 heavy (non-hydrogen) atoms. The first-order valence-electron chi connectivity index (χ1n) is 6.79. The van der Waals surface area contributed by atoms with Crippen LogP contribution in [0.5, 0.6) is 0 Å². The first kappa shape index (κ1) is 13.1. The molecule has 1 saturated heterocycles. The summed E-state index contributed by atoms with van der Waals surface area (Å²) in [5.41, 5.74) is 1.08. The van der Waals surface area contributed by atoms with Crippen molar-refractivity contribution in [2.24, 2.45) is 5.92 Å². The van der Waals surface area contributed by atoms with Gasteiger partial charge in [0.1, 0.15) is 0 Å². The van der Waals surface area contributed by atoms with Gasteiger partial charge in [0, 0.05) is 6.04 Å². The number of carbonyl (C=O) groups is 1. The molecule has 2 N–H and O–H groups in total. The van der Waals surface area contributed by atoms with Crippen molar-refractivity contribution < 1.29 is 4.79 Å². The number of rotatable bonds is 4. The Balaban J connectivity index is 1.79. The molecule has 0 aliphatic carbocycles. The Morgan fingerprint density at radius 1 is 1.33 bits per heavy atom. The van der Waals surface area contributed by atoms with Crippen LogP contribution in [0.2, 0.25) is 0 Å². The van der Waals surface area contributed by atoms with Crippen molar-refractivity contribution in [3.63, 3.8) is 0 Å². The summed E-state index contributed by atoms with van der Waals surface area (Å²) in [6, 6.07) is 10.2. The van der Waals surface area contributed by atoms with Gasteiger partial charge < -0.3 is 10.6 Å². The summed E-state index contributed by atoms with van der Waals surface area (Å²) in [6.07, 6.45) is 2.80. The Kier molecular flexibility index (Phi) is 4.76. The lowest BCUT2D eigenvalue weighted by Gasteiger charge is -2.28. The summed E-state index contributed by atoms with van der Waals surface area (Å²) in [5.74, 6) is 0.748. The quantitative estimate of drug-likeness (QED) is 0.849. The highest BCUT2D eigenvalue weighted by molar-refractivity contribution is 5.78. The Labute approximate surface area is 109 Å². The predicted octanol–water partition coefficient (Wildman–Crippen LogP) is 1.73. The molecule has 1 aromatic carbocycles. The third kappa shape index (κ3) is 3.84. The van der Waals surface area contributed by atoms with Gasteiger partial charge in [-0.15, -0.1) is 0 Å². The fourth-order valence-corrected chi connectivity index (χ4v) is 2.55. The maximum Gasteiger partial charge on any atom is 0.224 e. The molecule has 1 aliphatic rings. The van der Waals surface area contributed by atoms with Crippen LogP contribution in [0.4, 0.5) is 0 Å². The maximum atomic E-state index is 11.9. The van der Waals surface area contributed by atoms with Crippen molar-refractivity contribution in [1.82, 2.24) is 10.6 Å². The van der Waals surface area contributed by atoms with Gasteiger partial charge in [-0.25, -0.2) is 0 Å². The molecular formula is C15H22N2O. The lowest BCUT2D eigenvalue weighted by molar-refractivity contribution is -0.121. The number of benzene rings is 1. The van der Waals surface area contributed by atoms with Crippen LogP contribution in [0.15, 0.2) is 30.3 Å². The van der Waals surface area contributed by atoms with Gasteiger partial charge in [0.25, 0.3) is 0 Å². The Bertz CT molecular complexity index is 371. The molecule has 2 rings (SSSR count). The SMILES string of the molecule is CC(NC(=O)Cc1ccccc1)C1CCNCC1. The molecule has 0 aromatic heterocycles. The summed E-state index contributed by atoms with van der Waals surface area (Å²) in [5, 5.41) is 6.48. The zero-order valence-electron chi connectivity index (χ0n) is 11.0. The molecule has 1 atom stereocenters. The molecule has 98 valence electrons. The van der Waals surface area contributed by atoms with E-state index >= 15 is 0 Å². The van der Waals surface area contributed by atoms with Crippen LogP contribution in [0.3, 0.4) is 0 Å². The van der Waals surface area contributed by atoms with E-state index < -0.39 is 0 Å². The lowest BCUT2D eigenvalue weighted by atomic mass is 9.91. The van der Waals surface area contributed by atoms with Crippen molar-refractivity contribution in [3.8, 4) is 0 Å². The maximum absolute atomic E-state index is 11.9. The molecule has 0 radical (unpaired) electrons. The van der Waals surface area contributed by atoms with Crippen LogP contribution < -0.4 is 10.6 Å². The van der Waals surface area contributed by atoms with E-state index in [2.05, 4.69) is 17.6 Å². The zero-order valence-corrected chi connectivity index (χ0v) is 11.0. The largest absolute Gasteiger partial charge is 0.353 e. The Hall–Kier alpha value is -1.35. The molecular weight excluding hydrogens is 224 g/mol. The van der Waals surface area contributed by atoms with Crippen LogP contribution in [-0.4, -0.2) is 25.0 Å². The molecule has 1 amide bonds. The molecule has 1 heterocycles. The third-order valence-electron chi connectivity index (χ3n) is 3.69. The number of amides is 1. The topological polar surface area (TPSA) is 41.1 Å². The summed E-state index contributed by atoms with van der Waals surface area (Å²) in [4.78, 5) is 11.9. The fourth-order valence-electron chi connectivity index (χ4n) is 2.55. The third-order valence-corrected chi connectivity index (χ3v) is 3.69. The van der Waals surface area contributed by atoms with Gasteiger partial charge in [-0.3, -0.25) is 4.79 Å². The molecule has 1 fully saturated rings. The van der Waals surface area contributed by atoms with Crippen LogP contribution in [-0.2, 0) is 11.2 Å². The molecule has 3 nitrogen and oxygen atoms in total. The predicted molar refractivity (Wildman–Crippen MR) is 73.3 cm³/mol. The van der Waals surface area contributed by atoms with Crippen molar-refractivity contribution in [2.45, 2.75) is 32.2 Å². The minimum Gasteiger partial charge on any atom is -0.353 e. The molecule has 1 unspecified atom stereocenters. The van der Waals surface area contributed by atoms with E-state index in [-0.39, 0.29) is 11.9 Å². The molecule has 1 aliphatic heterocycles. The van der Waals surface area contributed by atoms with Gasteiger partial charge in [0.2, 0.25) is 5.91 Å². The summed E-state index contributed by atoms with van der Waals surface area (Å²) >= 11 is 0. The summed E-state index contributed by atoms with van der Waals surface area (Å²) in [7, 11) is 0. The highest BCUT2D eigenvalue weighted by Gasteiger charge is 2.21. The highest BCUT2D eigenvalue weighted by atomic mass is 16.1. The number of nitrogens with one attached hydrogen (secondary N) is 2. The fraction of sp³-hybridized carbons (Fsp3) is 0.533. The zero-order chi connectivity index (χ0) is 12.8. The van der Waals surface area contributed by atoms with Gasteiger partial charge in [-0.1, -0.05) is 30.3 Å². The summed E-state index contributed by atoms with van der Waals surface area (Å²) in [6.45, 7) is 4.27. The van der Waals surface area contributed by atoms with Crippen LogP contribution in [0.25, 0.3) is 0 Å². The molecule has 0 spiro atoms. The number of hydrogen-bond acceptors (Lipinski definition) is 2. The molecule has 0 bridgehead atoms. The van der Waals surface area contributed by atoms with E-state index in [0.717, 1.165) is 31.5 Å². The van der Waals surface area contributed by atoms with Crippen molar-refractivity contribution in [1.29, 1.82) is 0 Å². The van der Waals surface area contributed by atoms with E-state index in [9.17, 15) is 4.79 Å². The second kappa shape index (κ2) is 6.55. The first-order valence-corrected chi connectivity index (χ1v) is 6.79. The minimum atomic E-state index is 0.132. The second-order valence-corrected chi connectivity index (χ2v) is 5.11. The normalized spacial score (nSPS) is 18.3. The minimum absolute atomic E-state index is 0.132. The number of carbonyl (C=O) groups excluding carboxylic acids is 1. The average Bonchev–Trinajstić information content (AvgIpc) is 2.40. The van der Waals surface area contributed by atoms with Gasteiger partial charge in [-0.05, 0) is 44.3 Å². The smallest absolute Gasteiger partial charge is 0.224 e. The van der Waals surface area contributed by atoms with E-state index in [1.54, 1.807) is 0 Å². The molecule has 0 saturated carbocycles. The molecule has 1 aromatic rings. The summed E-state index contributed by atoms with van der Waals surface area (Å²) < 4.78 is 0. The van der Waals surface area contributed by atoms with Gasteiger partial charge in [0.15, 0.2) is 0 Å². The first-order chi connectivity index (χ1) is 8.75. The lowest BCUT2D eigenvalue weighted by Crippen LogP contribution is -2.43. The van der Waals surface area contributed by atoms with E-state index in [1.807, 2.05) is 30.3 Å². The monoisotopic (exact) mass is 246 g/mol. The van der Waals surface area contributed by atoms with Gasteiger partial charge in [0.05, 0.1) is 6.42 Å². The number of hydrogen-bond donors (Lipinski definition) is 2. The van der Waals surface area contributed by atoms with Crippen molar-refractivity contribution >= 4 is 5.91 Å². The van der Waals surface area contributed by atoms with Gasteiger partial charge >= 0.3 is 0 Å². The average molecular weight is 246 g/mol.